The Morgan fingerprint density at radius 1 is 1.47 bits per heavy atom. The molecule has 0 saturated carbocycles. The Labute approximate surface area is 90.2 Å². The van der Waals surface area contributed by atoms with Crippen LogP contribution in [0.4, 0.5) is 0 Å². The second-order valence-corrected chi connectivity index (χ2v) is 3.76. The van der Waals surface area contributed by atoms with Crippen molar-refractivity contribution < 1.29 is 9.47 Å². The van der Waals surface area contributed by atoms with E-state index in [9.17, 15) is 0 Å². The monoisotopic (exact) mass is 207 g/mol. The molecule has 2 N–H and O–H groups in total. The molecule has 3 nitrogen and oxygen atoms in total. The molecule has 0 spiro atoms. The molecule has 82 valence electrons. The van der Waals surface area contributed by atoms with E-state index < -0.39 is 0 Å². The van der Waals surface area contributed by atoms with Crippen molar-refractivity contribution in [3.8, 4) is 5.75 Å². The summed E-state index contributed by atoms with van der Waals surface area (Å²) in [5.41, 5.74) is 8.53. The molecular formula is C12H17NO2. The van der Waals surface area contributed by atoms with E-state index in [1.165, 1.54) is 11.1 Å². The third-order valence-electron chi connectivity index (χ3n) is 2.75. The first-order valence-electron chi connectivity index (χ1n) is 5.40. The van der Waals surface area contributed by atoms with Crippen molar-refractivity contribution in [3.05, 3.63) is 29.3 Å². The second-order valence-electron chi connectivity index (χ2n) is 3.76. The van der Waals surface area contributed by atoms with Crippen molar-refractivity contribution in [1.82, 2.24) is 0 Å². The predicted octanol–water partition coefficient (Wildman–Crippen LogP) is 2.01. The van der Waals surface area contributed by atoms with Gasteiger partial charge in [0.05, 0.1) is 0 Å². The Hall–Kier alpha value is -1.06. The largest absolute Gasteiger partial charge is 0.468 e. The van der Waals surface area contributed by atoms with Gasteiger partial charge in [0.2, 0.25) is 0 Å². The highest BCUT2D eigenvalue weighted by Crippen LogP contribution is 2.31. The maximum Gasteiger partial charge on any atom is 0.189 e. The van der Waals surface area contributed by atoms with Gasteiger partial charge in [-0.1, -0.05) is 6.07 Å². The normalized spacial score (nSPS) is 18.9. The van der Waals surface area contributed by atoms with Crippen molar-refractivity contribution in [2.75, 3.05) is 13.4 Å². The minimum atomic E-state index is 0.209. The van der Waals surface area contributed by atoms with Gasteiger partial charge in [0.1, 0.15) is 5.75 Å². The first kappa shape index (κ1) is 10.5. The average molecular weight is 207 g/mol. The van der Waals surface area contributed by atoms with E-state index in [1.54, 1.807) is 0 Å². The highest BCUT2D eigenvalue weighted by Gasteiger charge is 2.18. The summed E-state index contributed by atoms with van der Waals surface area (Å²) in [5, 5.41) is 0. The lowest BCUT2D eigenvalue weighted by molar-refractivity contribution is 0.0224. The molecule has 1 atom stereocenters. The standard InChI is InChI=1S/C12H17NO2/c1-2-14-8-15-10-4-5-11-9(7-10)3-6-12(11)13/h4-5,7,12H,2-3,6,8,13H2,1H3/t12-/m0/s1. The topological polar surface area (TPSA) is 44.5 Å². The summed E-state index contributed by atoms with van der Waals surface area (Å²) in [6, 6.07) is 6.30. The second kappa shape index (κ2) is 4.64. The van der Waals surface area contributed by atoms with Crippen LogP contribution in [-0.4, -0.2) is 13.4 Å². The number of rotatable bonds is 4. The third kappa shape index (κ3) is 2.30. The van der Waals surface area contributed by atoms with E-state index >= 15 is 0 Å². The number of fused-ring (bicyclic) bond motifs is 1. The number of ether oxygens (including phenoxy) is 2. The Morgan fingerprint density at radius 2 is 2.33 bits per heavy atom. The van der Waals surface area contributed by atoms with E-state index in [-0.39, 0.29) is 6.04 Å². The number of benzene rings is 1. The summed E-state index contributed by atoms with van der Waals surface area (Å²) in [4.78, 5) is 0. The Kier molecular flexibility index (Phi) is 3.23. The molecule has 0 unspecified atom stereocenters. The molecule has 15 heavy (non-hydrogen) atoms. The Morgan fingerprint density at radius 3 is 3.13 bits per heavy atom. The summed E-state index contributed by atoms with van der Waals surface area (Å²) in [5.74, 6) is 0.872. The zero-order valence-corrected chi connectivity index (χ0v) is 9.03. The zero-order valence-electron chi connectivity index (χ0n) is 9.03. The first-order valence-corrected chi connectivity index (χ1v) is 5.40. The summed E-state index contributed by atoms with van der Waals surface area (Å²) in [6.07, 6.45) is 2.10. The van der Waals surface area contributed by atoms with Gasteiger partial charge in [-0.25, -0.2) is 0 Å². The van der Waals surface area contributed by atoms with Gasteiger partial charge in [0, 0.05) is 12.6 Å². The van der Waals surface area contributed by atoms with Crippen molar-refractivity contribution in [2.45, 2.75) is 25.8 Å². The Bertz CT molecular complexity index is 338. The lowest BCUT2D eigenvalue weighted by Gasteiger charge is -2.08. The van der Waals surface area contributed by atoms with Crippen LogP contribution >= 0.6 is 0 Å². The summed E-state index contributed by atoms with van der Waals surface area (Å²) >= 11 is 0. The van der Waals surface area contributed by atoms with Crippen LogP contribution in [-0.2, 0) is 11.2 Å². The quantitative estimate of drug-likeness (QED) is 0.606. The Balaban J connectivity index is 2.03. The molecule has 2 rings (SSSR count). The van der Waals surface area contributed by atoms with Crippen LogP contribution in [0.2, 0.25) is 0 Å². The average Bonchev–Trinajstić information content (AvgIpc) is 2.61. The summed E-state index contributed by atoms with van der Waals surface area (Å²) in [6.45, 7) is 2.95. The third-order valence-corrected chi connectivity index (χ3v) is 2.75. The van der Waals surface area contributed by atoms with Gasteiger partial charge in [-0.2, -0.15) is 0 Å². The van der Waals surface area contributed by atoms with Crippen LogP contribution in [0.15, 0.2) is 18.2 Å². The molecule has 1 aliphatic carbocycles. The number of aryl methyl sites for hydroxylation is 1. The fourth-order valence-electron chi connectivity index (χ4n) is 1.91. The maximum atomic E-state index is 5.95. The van der Waals surface area contributed by atoms with Crippen molar-refractivity contribution >= 4 is 0 Å². The van der Waals surface area contributed by atoms with Gasteiger partial charge >= 0.3 is 0 Å². The number of hydrogen-bond acceptors (Lipinski definition) is 3. The molecule has 1 aliphatic rings. The van der Waals surface area contributed by atoms with Crippen molar-refractivity contribution in [1.29, 1.82) is 0 Å². The smallest absolute Gasteiger partial charge is 0.189 e. The molecule has 0 saturated heterocycles. The number of nitrogens with two attached hydrogens (primary N) is 1. The fraction of sp³-hybridized carbons (Fsp3) is 0.500. The molecule has 0 aromatic heterocycles. The van der Waals surface area contributed by atoms with E-state index in [4.69, 9.17) is 15.2 Å². The van der Waals surface area contributed by atoms with Gasteiger partial charge in [-0.05, 0) is 43.0 Å². The maximum absolute atomic E-state index is 5.95. The minimum absolute atomic E-state index is 0.209. The van der Waals surface area contributed by atoms with Gasteiger partial charge in [-0.3, -0.25) is 0 Å². The van der Waals surface area contributed by atoms with Crippen LogP contribution in [0.1, 0.15) is 30.5 Å². The number of hydrogen-bond donors (Lipinski definition) is 1. The molecule has 0 radical (unpaired) electrons. The molecule has 0 amide bonds. The molecule has 0 bridgehead atoms. The van der Waals surface area contributed by atoms with Crippen molar-refractivity contribution in [3.63, 3.8) is 0 Å². The van der Waals surface area contributed by atoms with E-state index in [0.29, 0.717) is 13.4 Å². The van der Waals surface area contributed by atoms with Crippen LogP contribution < -0.4 is 10.5 Å². The fourth-order valence-corrected chi connectivity index (χ4v) is 1.91. The van der Waals surface area contributed by atoms with Crippen LogP contribution in [0.3, 0.4) is 0 Å². The lowest BCUT2D eigenvalue weighted by atomic mass is 10.1. The van der Waals surface area contributed by atoms with Gasteiger partial charge in [0.25, 0.3) is 0 Å². The molecule has 0 fully saturated rings. The molecule has 0 aliphatic heterocycles. The molecule has 3 heteroatoms. The van der Waals surface area contributed by atoms with E-state index in [0.717, 1.165) is 18.6 Å². The van der Waals surface area contributed by atoms with Crippen LogP contribution in [0, 0.1) is 0 Å². The summed E-state index contributed by atoms with van der Waals surface area (Å²) in [7, 11) is 0. The van der Waals surface area contributed by atoms with Gasteiger partial charge in [0.15, 0.2) is 6.79 Å². The van der Waals surface area contributed by atoms with Gasteiger partial charge < -0.3 is 15.2 Å². The van der Waals surface area contributed by atoms with Crippen LogP contribution in [0.5, 0.6) is 5.75 Å². The summed E-state index contributed by atoms with van der Waals surface area (Å²) < 4.78 is 10.6. The molecular weight excluding hydrogens is 190 g/mol. The van der Waals surface area contributed by atoms with Crippen molar-refractivity contribution in [2.24, 2.45) is 5.73 Å². The molecule has 0 heterocycles. The van der Waals surface area contributed by atoms with E-state index in [2.05, 4.69) is 12.1 Å². The molecule has 1 aromatic carbocycles. The highest BCUT2D eigenvalue weighted by atomic mass is 16.7. The molecule has 1 aromatic rings. The highest BCUT2D eigenvalue weighted by molar-refractivity contribution is 5.40. The first-order chi connectivity index (χ1) is 7.31. The van der Waals surface area contributed by atoms with Gasteiger partial charge in [-0.15, -0.1) is 0 Å². The van der Waals surface area contributed by atoms with Crippen LogP contribution in [0.25, 0.3) is 0 Å². The SMILES string of the molecule is CCOCOc1ccc2c(c1)CC[C@@H]2N. The minimum Gasteiger partial charge on any atom is -0.468 e. The zero-order chi connectivity index (χ0) is 10.7. The predicted molar refractivity (Wildman–Crippen MR) is 58.8 cm³/mol. The lowest BCUT2D eigenvalue weighted by Crippen LogP contribution is -2.05. The van der Waals surface area contributed by atoms with E-state index in [1.807, 2.05) is 13.0 Å².